The molecule has 2 atom stereocenters. The highest BCUT2D eigenvalue weighted by molar-refractivity contribution is 5.97. The third-order valence-electron chi connectivity index (χ3n) is 8.78. The van der Waals surface area contributed by atoms with Gasteiger partial charge in [-0.05, 0) is 83.0 Å². The quantitative estimate of drug-likeness (QED) is 0.576. The molecule has 5 saturated carbocycles. The van der Waals surface area contributed by atoms with Crippen LogP contribution in [0, 0.1) is 17.8 Å². The Balaban J connectivity index is 1.07. The lowest BCUT2D eigenvalue weighted by Gasteiger charge is -2.56. The number of nitrogens with one attached hydrogen (secondary N) is 3. The van der Waals surface area contributed by atoms with Crippen LogP contribution < -0.4 is 16.0 Å². The molecule has 0 radical (unpaired) electrons. The molecule has 6 aliphatic rings. The van der Waals surface area contributed by atoms with Gasteiger partial charge in [0.1, 0.15) is 0 Å². The summed E-state index contributed by atoms with van der Waals surface area (Å²) in [7, 11) is 0. The largest absolute Gasteiger partial charge is 0.352 e. The Morgan fingerprint density at radius 3 is 1.72 bits per heavy atom. The summed E-state index contributed by atoms with van der Waals surface area (Å²) in [6.07, 6.45) is 9.38. The summed E-state index contributed by atoms with van der Waals surface area (Å²) in [4.78, 5) is 42.1. The van der Waals surface area contributed by atoms with Gasteiger partial charge in [0.2, 0.25) is 11.8 Å². The van der Waals surface area contributed by atoms with Gasteiger partial charge in [-0.25, -0.2) is 4.79 Å². The van der Waals surface area contributed by atoms with Crippen LogP contribution in [0.5, 0.6) is 0 Å². The van der Waals surface area contributed by atoms with Gasteiger partial charge >= 0.3 is 6.03 Å². The molecule has 0 aromatic heterocycles. The molecular weight excluding hydrogens is 406 g/mol. The molecule has 0 unspecified atom stereocenters. The summed E-state index contributed by atoms with van der Waals surface area (Å²) < 4.78 is 0. The fourth-order valence-electron chi connectivity index (χ4n) is 7.15. The SMILES string of the molecule is C[C@H](C(=O)NC(=O)NC12CC3CC(CC(C3)C1)C2)N1CCN([C@@H](C)C(=O)NC2CC2)CC1. The third kappa shape index (κ3) is 4.67. The lowest BCUT2D eigenvalue weighted by atomic mass is 9.53. The van der Waals surface area contributed by atoms with E-state index in [1.54, 1.807) is 0 Å². The van der Waals surface area contributed by atoms with Gasteiger partial charge < -0.3 is 10.6 Å². The summed E-state index contributed by atoms with van der Waals surface area (Å²) >= 11 is 0. The Bertz CT molecular complexity index is 723. The fraction of sp³-hybridized carbons (Fsp3) is 0.875. The topological polar surface area (TPSA) is 93.8 Å². The normalized spacial score (nSPS) is 36.4. The highest BCUT2D eigenvalue weighted by Gasteiger charge is 2.51. The van der Waals surface area contributed by atoms with Crippen molar-refractivity contribution in [2.24, 2.45) is 17.8 Å². The number of amides is 4. The second-order valence-corrected chi connectivity index (χ2v) is 11.3. The molecule has 1 saturated heterocycles. The van der Waals surface area contributed by atoms with Crippen molar-refractivity contribution in [1.29, 1.82) is 0 Å². The van der Waals surface area contributed by atoms with Crippen LogP contribution in [0.25, 0.3) is 0 Å². The predicted molar refractivity (Wildman–Crippen MR) is 121 cm³/mol. The van der Waals surface area contributed by atoms with Crippen LogP contribution in [-0.2, 0) is 9.59 Å². The molecule has 6 rings (SSSR count). The van der Waals surface area contributed by atoms with Crippen LogP contribution in [0.3, 0.4) is 0 Å². The van der Waals surface area contributed by atoms with Crippen LogP contribution in [0.1, 0.15) is 65.2 Å². The zero-order valence-corrected chi connectivity index (χ0v) is 19.6. The Morgan fingerprint density at radius 1 is 0.781 bits per heavy atom. The van der Waals surface area contributed by atoms with E-state index in [0.29, 0.717) is 19.1 Å². The first-order valence-corrected chi connectivity index (χ1v) is 12.7. The number of carbonyl (C=O) groups is 3. The molecule has 178 valence electrons. The molecular formula is C24H39N5O3. The smallest absolute Gasteiger partial charge is 0.321 e. The number of rotatable bonds is 6. The van der Waals surface area contributed by atoms with Gasteiger partial charge in [0.25, 0.3) is 0 Å². The van der Waals surface area contributed by atoms with E-state index in [-0.39, 0.29) is 35.5 Å². The summed E-state index contributed by atoms with van der Waals surface area (Å²) in [6.45, 7) is 6.75. The highest BCUT2D eigenvalue weighted by atomic mass is 16.2. The first-order chi connectivity index (χ1) is 15.3. The Labute approximate surface area is 191 Å². The van der Waals surface area contributed by atoms with E-state index >= 15 is 0 Å². The van der Waals surface area contributed by atoms with E-state index in [9.17, 15) is 14.4 Å². The lowest BCUT2D eigenvalue weighted by Crippen LogP contribution is -2.63. The van der Waals surface area contributed by atoms with Crippen molar-refractivity contribution in [2.45, 2.75) is 88.9 Å². The van der Waals surface area contributed by atoms with Crippen LogP contribution >= 0.6 is 0 Å². The van der Waals surface area contributed by atoms with Gasteiger partial charge in [-0.15, -0.1) is 0 Å². The van der Waals surface area contributed by atoms with Crippen LogP contribution in [-0.4, -0.2) is 77.5 Å². The van der Waals surface area contributed by atoms with Crippen LogP contribution in [0.4, 0.5) is 4.79 Å². The zero-order valence-electron chi connectivity index (χ0n) is 19.6. The maximum atomic E-state index is 12.8. The van der Waals surface area contributed by atoms with Crippen molar-refractivity contribution in [2.75, 3.05) is 26.2 Å². The van der Waals surface area contributed by atoms with Gasteiger partial charge in [-0.3, -0.25) is 24.7 Å². The zero-order chi connectivity index (χ0) is 22.5. The van der Waals surface area contributed by atoms with Crippen molar-refractivity contribution in [3.05, 3.63) is 0 Å². The minimum atomic E-state index is -0.366. The highest BCUT2D eigenvalue weighted by Crippen LogP contribution is 2.55. The fourth-order valence-corrected chi connectivity index (χ4v) is 7.15. The van der Waals surface area contributed by atoms with E-state index < -0.39 is 0 Å². The number of nitrogens with zero attached hydrogens (tertiary/aromatic N) is 2. The summed E-state index contributed by atoms with van der Waals surface area (Å²) in [5.41, 5.74) is -0.0921. The standard InChI is InChI=1S/C24H39N5O3/c1-15(21(30)25-20-3-4-20)28-5-7-29(8-6-28)16(2)22(31)26-23(32)27-24-12-17-9-18(13-24)11-19(10-17)14-24/h15-20H,3-14H2,1-2H3,(H,25,30)(H2,26,27,31,32)/t15-,16+,17?,18?,19?,24?/m0/s1. The van der Waals surface area contributed by atoms with Crippen molar-refractivity contribution in [1.82, 2.24) is 25.8 Å². The average molecular weight is 446 g/mol. The van der Waals surface area contributed by atoms with Crippen LogP contribution in [0.2, 0.25) is 0 Å². The van der Waals surface area contributed by atoms with E-state index in [2.05, 4.69) is 25.8 Å². The molecule has 4 bridgehead atoms. The van der Waals surface area contributed by atoms with Crippen molar-refractivity contribution in [3.8, 4) is 0 Å². The minimum absolute atomic E-state index is 0.0921. The number of urea groups is 1. The van der Waals surface area contributed by atoms with Gasteiger partial charge in [0.05, 0.1) is 12.1 Å². The molecule has 0 spiro atoms. The van der Waals surface area contributed by atoms with Gasteiger partial charge in [-0.1, -0.05) is 0 Å². The molecule has 0 aromatic carbocycles. The maximum absolute atomic E-state index is 12.8. The first-order valence-electron chi connectivity index (χ1n) is 12.7. The number of imide groups is 1. The molecule has 1 heterocycles. The van der Waals surface area contributed by atoms with E-state index in [1.165, 1.54) is 19.3 Å². The van der Waals surface area contributed by atoms with E-state index in [1.807, 2.05) is 13.8 Å². The summed E-state index contributed by atoms with van der Waals surface area (Å²) in [5, 5.41) is 8.93. The van der Waals surface area contributed by atoms with E-state index in [0.717, 1.165) is 62.9 Å². The molecule has 32 heavy (non-hydrogen) atoms. The Kier molecular flexibility index (Phi) is 5.95. The first kappa shape index (κ1) is 22.1. The Morgan fingerprint density at radius 2 is 1.25 bits per heavy atom. The summed E-state index contributed by atoms with van der Waals surface area (Å²) in [6, 6.07) is -0.463. The second-order valence-electron chi connectivity index (χ2n) is 11.3. The summed E-state index contributed by atoms with van der Waals surface area (Å²) in [5.74, 6) is 2.12. The van der Waals surface area contributed by atoms with Crippen molar-refractivity contribution in [3.63, 3.8) is 0 Å². The Hall–Kier alpha value is -1.67. The van der Waals surface area contributed by atoms with Crippen molar-refractivity contribution < 1.29 is 14.4 Å². The third-order valence-corrected chi connectivity index (χ3v) is 8.78. The number of hydrogen-bond donors (Lipinski definition) is 3. The second kappa shape index (κ2) is 8.60. The molecule has 0 aromatic rings. The molecule has 4 amide bonds. The molecule has 8 heteroatoms. The van der Waals surface area contributed by atoms with Crippen molar-refractivity contribution >= 4 is 17.8 Å². The molecule has 1 aliphatic heterocycles. The number of carbonyl (C=O) groups excluding carboxylic acids is 3. The monoisotopic (exact) mass is 445 g/mol. The molecule has 6 fully saturated rings. The van der Waals surface area contributed by atoms with Crippen LogP contribution in [0.15, 0.2) is 0 Å². The number of hydrogen-bond acceptors (Lipinski definition) is 5. The van der Waals surface area contributed by atoms with E-state index in [4.69, 9.17) is 0 Å². The maximum Gasteiger partial charge on any atom is 0.321 e. The van der Waals surface area contributed by atoms with Gasteiger partial charge in [0, 0.05) is 37.8 Å². The number of piperazine rings is 1. The van der Waals surface area contributed by atoms with Gasteiger partial charge in [-0.2, -0.15) is 0 Å². The molecule has 5 aliphatic carbocycles. The average Bonchev–Trinajstić information content (AvgIpc) is 3.55. The van der Waals surface area contributed by atoms with Gasteiger partial charge in [0.15, 0.2) is 0 Å². The molecule has 3 N–H and O–H groups in total. The lowest BCUT2D eigenvalue weighted by molar-refractivity contribution is -0.129. The minimum Gasteiger partial charge on any atom is -0.352 e. The molecule has 8 nitrogen and oxygen atoms in total. The predicted octanol–water partition coefficient (Wildman–Crippen LogP) is 1.45.